The lowest BCUT2D eigenvalue weighted by molar-refractivity contribution is -0.134. The maximum atomic E-state index is 13.8. The van der Waals surface area contributed by atoms with Crippen molar-refractivity contribution < 1.29 is 14.0 Å². The number of hydrogen-bond donors (Lipinski definition) is 1. The van der Waals surface area contributed by atoms with Crippen molar-refractivity contribution in [1.82, 2.24) is 9.91 Å². The SMILES string of the molecule is Cc1ccc([C@H]2CC(c3cccc(F)c3)=NN2C(=O)CN2CCC(C(N)=O)CC2)cc1. The Bertz CT molecular complexity index is 997. The monoisotopic (exact) mass is 422 g/mol. The van der Waals surface area contributed by atoms with Crippen molar-refractivity contribution in [2.75, 3.05) is 19.6 Å². The predicted molar refractivity (Wildman–Crippen MR) is 117 cm³/mol. The molecule has 7 heteroatoms. The third-order valence-corrected chi connectivity index (χ3v) is 6.13. The van der Waals surface area contributed by atoms with E-state index in [0.29, 0.717) is 43.6 Å². The Morgan fingerprint density at radius 1 is 1.13 bits per heavy atom. The van der Waals surface area contributed by atoms with E-state index < -0.39 is 0 Å². The molecule has 31 heavy (non-hydrogen) atoms. The van der Waals surface area contributed by atoms with Crippen LogP contribution in [0.1, 0.15) is 42.0 Å². The van der Waals surface area contributed by atoms with Gasteiger partial charge >= 0.3 is 0 Å². The summed E-state index contributed by atoms with van der Waals surface area (Å²) < 4.78 is 13.8. The molecule has 2 aliphatic rings. The Morgan fingerprint density at radius 2 is 1.84 bits per heavy atom. The summed E-state index contributed by atoms with van der Waals surface area (Å²) in [5, 5.41) is 6.17. The minimum absolute atomic E-state index is 0.102. The number of nitrogens with zero attached hydrogens (tertiary/aromatic N) is 3. The van der Waals surface area contributed by atoms with E-state index in [1.54, 1.807) is 11.1 Å². The number of carbonyl (C=O) groups excluding carboxylic acids is 2. The Hall–Kier alpha value is -3.06. The topological polar surface area (TPSA) is 79.0 Å². The first kappa shape index (κ1) is 21.2. The number of halogens is 1. The fourth-order valence-corrected chi connectivity index (χ4v) is 4.27. The zero-order chi connectivity index (χ0) is 22.0. The third kappa shape index (κ3) is 4.82. The number of nitrogens with two attached hydrogens (primary N) is 1. The Kier molecular flexibility index (Phi) is 6.13. The Balaban J connectivity index is 1.54. The number of piperidine rings is 1. The molecule has 1 fully saturated rings. The molecular formula is C24H27FN4O2. The summed E-state index contributed by atoms with van der Waals surface area (Å²) in [6.45, 7) is 3.56. The summed E-state index contributed by atoms with van der Waals surface area (Å²) in [4.78, 5) is 26.7. The normalized spacial score (nSPS) is 20.0. The molecule has 2 amide bonds. The standard InChI is InChI=1S/C24H27FN4O2/c1-16-5-7-17(8-6-16)22-14-21(19-3-2-4-20(25)13-19)27-29(22)23(30)15-28-11-9-18(10-12-28)24(26)31/h2-8,13,18,22H,9-12,14-15H2,1H3,(H2,26,31)/t22-/m1/s1. The van der Waals surface area contributed by atoms with Crippen molar-refractivity contribution in [2.45, 2.75) is 32.2 Å². The van der Waals surface area contributed by atoms with Crippen molar-refractivity contribution in [3.05, 3.63) is 71.0 Å². The highest BCUT2D eigenvalue weighted by Crippen LogP contribution is 2.33. The van der Waals surface area contributed by atoms with Crippen LogP contribution in [-0.2, 0) is 9.59 Å². The first-order chi connectivity index (χ1) is 14.9. The maximum Gasteiger partial charge on any atom is 0.257 e. The minimum Gasteiger partial charge on any atom is -0.369 e. The summed E-state index contributed by atoms with van der Waals surface area (Å²) in [5.41, 5.74) is 8.94. The predicted octanol–water partition coefficient (Wildman–Crippen LogP) is 3.01. The van der Waals surface area contributed by atoms with Gasteiger partial charge < -0.3 is 5.73 Å². The van der Waals surface area contributed by atoms with Gasteiger partial charge in [0.15, 0.2) is 0 Å². The molecule has 2 N–H and O–H groups in total. The highest BCUT2D eigenvalue weighted by Gasteiger charge is 2.34. The molecule has 0 unspecified atom stereocenters. The lowest BCUT2D eigenvalue weighted by Crippen LogP contribution is -2.44. The largest absolute Gasteiger partial charge is 0.369 e. The Labute approximate surface area is 181 Å². The van der Waals surface area contributed by atoms with Gasteiger partial charge in [0.2, 0.25) is 5.91 Å². The fraction of sp³-hybridized carbons (Fsp3) is 0.375. The molecule has 2 aliphatic heterocycles. The summed E-state index contributed by atoms with van der Waals surface area (Å²) in [7, 11) is 0. The molecule has 0 spiro atoms. The molecule has 0 aliphatic carbocycles. The number of primary amides is 1. The van der Waals surface area contributed by atoms with Gasteiger partial charge in [-0.2, -0.15) is 5.10 Å². The van der Waals surface area contributed by atoms with Crippen LogP contribution in [0, 0.1) is 18.7 Å². The number of likely N-dealkylation sites (tertiary alicyclic amines) is 1. The average Bonchev–Trinajstić information content (AvgIpc) is 3.20. The molecule has 0 bridgehead atoms. The van der Waals surface area contributed by atoms with Crippen molar-refractivity contribution >= 4 is 17.5 Å². The molecule has 0 saturated carbocycles. The van der Waals surface area contributed by atoms with Crippen LogP contribution in [0.4, 0.5) is 4.39 Å². The van der Waals surface area contributed by atoms with Crippen LogP contribution in [0.5, 0.6) is 0 Å². The van der Waals surface area contributed by atoms with E-state index in [4.69, 9.17) is 5.73 Å². The van der Waals surface area contributed by atoms with Crippen molar-refractivity contribution in [1.29, 1.82) is 0 Å². The van der Waals surface area contributed by atoms with Gasteiger partial charge in [-0.15, -0.1) is 0 Å². The van der Waals surface area contributed by atoms with Crippen LogP contribution in [0.2, 0.25) is 0 Å². The smallest absolute Gasteiger partial charge is 0.257 e. The molecule has 2 aromatic rings. The van der Waals surface area contributed by atoms with Crippen molar-refractivity contribution in [2.24, 2.45) is 16.8 Å². The van der Waals surface area contributed by atoms with Crippen molar-refractivity contribution in [3.8, 4) is 0 Å². The number of rotatable bonds is 5. The van der Waals surface area contributed by atoms with Gasteiger partial charge in [-0.05, 0) is 50.6 Å². The van der Waals surface area contributed by atoms with Crippen LogP contribution in [0.3, 0.4) is 0 Å². The van der Waals surface area contributed by atoms with Gasteiger partial charge in [-0.1, -0.05) is 42.0 Å². The first-order valence-corrected chi connectivity index (χ1v) is 10.6. The van der Waals surface area contributed by atoms with Gasteiger partial charge in [-0.3, -0.25) is 14.5 Å². The van der Waals surface area contributed by atoms with E-state index in [1.807, 2.05) is 42.2 Å². The number of aryl methyl sites for hydroxylation is 1. The van der Waals surface area contributed by atoms with Gasteiger partial charge in [0.05, 0.1) is 18.3 Å². The number of carbonyl (C=O) groups is 2. The highest BCUT2D eigenvalue weighted by atomic mass is 19.1. The van der Waals surface area contributed by atoms with E-state index in [1.165, 1.54) is 12.1 Å². The lowest BCUT2D eigenvalue weighted by atomic mass is 9.96. The van der Waals surface area contributed by atoms with Crippen LogP contribution in [0.25, 0.3) is 0 Å². The second-order valence-corrected chi connectivity index (χ2v) is 8.38. The van der Waals surface area contributed by atoms with E-state index in [2.05, 4.69) is 5.10 Å². The maximum absolute atomic E-state index is 13.8. The summed E-state index contributed by atoms with van der Waals surface area (Å²) in [6, 6.07) is 14.2. The fourth-order valence-electron chi connectivity index (χ4n) is 4.27. The van der Waals surface area contributed by atoms with E-state index >= 15 is 0 Å². The molecule has 4 rings (SSSR count). The second-order valence-electron chi connectivity index (χ2n) is 8.38. The number of benzene rings is 2. The van der Waals surface area contributed by atoms with Crippen LogP contribution < -0.4 is 5.73 Å². The van der Waals surface area contributed by atoms with Crippen LogP contribution >= 0.6 is 0 Å². The summed E-state index contributed by atoms with van der Waals surface area (Å²) in [5.74, 6) is -0.811. The van der Waals surface area contributed by atoms with Crippen LogP contribution in [-0.4, -0.2) is 47.1 Å². The first-order valence-electron chi connectivity index (χ1n) is 10.6. The molecule has 0 aromatic heterocycles. The molecule has 2 heterocycles. The van der Waals surface area contributed by atoms with Gasteiger partial charge in [-0.25, -0.2) is 9.40 Å². The average molecular weight is 423 g/mol. The number of hydrogen-bond acceptors (Lipinski definition) is 4. The summed E-state index contributed by atoms with van der Waals surface area (Å²) in [6.07, 6.45) is 1.87. The number of amides is 2. The minimum atomic E-state index is -0.325. The second kappa shape index (κ2) is 8.98. The molecular weight excluding hydrogens is 395 g/mol. The Morgan fingerprint density at radius 3 is 2.48 bits per heavy atom. The lowest BCUT2D eigenvalue weighted by Gasteiger charge is -2.31. The summed E-state index contributed by atoms with van der Waals surface area (Å²) >= 11 is 0. The van der Waals surface area contributed by atoms with Gasteiger partial charge in [0, 0.05) is 17.9 Å². The van der Waals surface area contributed by atoms with Crippen molar-refractivity contribution in [3.63, 3.8) is 0 Å². The third-order valence-electron chi connectivity index (χ3n) is 6.13. The molecule has 6 nitrogen and oxygen atoms in total. The van der Waals surface area contributed by atoms with Gasteiger partial charge in [0.25, 0.3) is 5.91 Å². The molecule has 2 aromatic carbocycles. The highest BCUT2D eigenvalue weighted by molar-refractivity contribution is 6.03. The van der Waals surface area contributed by atoms with Crippen LogP contribution in [0.15, 0.2) is 53.6 Å². The van der Waals surface area contributed by atoms with E-state index in [9.17, 15) is 14.0 Å². The van der Waals surface area contributed by atoms with E-state index in [-0.39, 0.29) is 36.1 Å². The van der Waals surface area contributed by atoms with Gasteiger partial charge in [0.1, 0.15) is 5.82 Å². The number of hydrazone groups is 1. The zero-order valence-electron chi connectivity index (χ0n) is 17.6. The zero-order valence-corrected chi connectivity index (χ0v) is 17.6. The molecule has 1 saturated heterocycles. The molecule has 1 atom stereocenters. The quantitative estimate of drug-likeness (QED) is 0.805. The van der Waals surface area contributed by atoms with E-state index in [0.717, 1.165) is 11.1 Å². The molecule has 162 valence electrons. The molecule has 0 radical (unpaired) electrons.